The summed E-state index contributed by atoms with van der Waals surface area (Å²) >= 11 is 6.11. The Morgan fingerprint density at radius 1 is 1.38 bits per heavy atom. The lowest BCUT2D eigenvalue weighted by Crippen LogP contribution is -2.25. The molecule has 2 aromatic heterocycles. The minimum absolute atomic E-state index is 0.188. The molecule has 0 spiro atoms. The van der Waals surface area contributed by atoms with Crippen molar-refractivity contribution in [1.29, 1.82) is 0 Å². The lowest BCUT2D eigenvalue weighted by Gasteiger charge is -2.09. The maximum atomic E-state index is 12.4. The van der Waals surface area contributed by atoms with Crippen LogP contribution < -0.4 is 10.9 Å². The Morgan fingerprint density at radius 3 is 2.76 bits per heavy atom. The number of aromatic nitrogens is 4. The van der Waals surface area contributed by atoms with Crippen LogP contribution in [0.5, 0.6) is 0 Å². The van der Waals surface area contributed by atoms with Crippen molar-refractivity contribution in [1.82, 2.24) is 19.6 Å². The molecule has 6 nitrogen and oxygen atoms in total. The van der Waals surface area contributed by atoms with Crippen molar-refractivity contribution in [2.75, 3.05) is 5.32 Å². The third-order valence-corrected chi connectivity index (χ3v) is 3.81. The van der Waals surface area contributed by atoms with E-state index >= 15 is 0 Å². The summed E-state index contributed by atoms with van der Waals surface area (Å²) in [5.41, 5.74) is 0.911. The van der Waals surface area contributed by atoms with E-state index in [0.717, 1.165) is 5.69 Å². The number of halogens is 1. The molecule has 112 valence electrons. The van der Waals surface area contributed by atoms with Gasteiger partial charge in [0.25, 0.3) is 5.56 Å². The van der Waals surface area contributed by atoms with Crippen molar-refractivity contribution in [3.63, 3.8) is 0 Å². The molecule has 21 heavy (non-hydrogen) atoms. The van der Waals surface area contributed by atoms with E-state index < -0.39 is 0 Å². The van der Waals surface area contributed by atoms with Gasteiger partial charge in [0.1, 0.15) is 5.69 Å². The maximum absolute atomic E-state index is 12.4. The molecule has 2 heterocycles. The third-order valence-electron chi connectivity index (χ3n) is 3.53. The van der Waals surface area contributed by atoms with Crippen LogP contribution in [0.2, 0.25) is 5.02 Å². The van der Waals surface area contributed by atoms with E-state index in [1.165, 1.54) is 23.7 Å². The van der Waals surface area contributed by atoms with Crippen LogP contribution >= 0.6 is 11.6 Å². The summed E-state index contributed by atoms with van der Waals surface area (Å²) in [5, 5.41) is 11.7. The normalized spacial score (nSPS) is 14.7. The Hall–Kier alpha value is -1.82. The van der Waals surface area contributed by atoms with Crippen LogP contribution in [0, 0.1) is 5.92 Å². The number of hydrogen-bond donors (Lipinski definition) is 1. The standard InChI is InChI=1S/C14H18ClN5O/c1-9(2)19-8-11(5-16-19)18-13-12(15)6-17-20(14(13)21)7-10-3-4-10/h5-6,8-10,18H,3-4,7H2,1-2H3. The number of rotatable bonds is 5. The number of anilines is 2. The highest BCUT2D eigenvalue weighted by Crippen LogP contribution is 2.30. The average Bonchev–Trinajstić information content (AvgIpc) is 3.13. The van der Waals surface area contributed by atoms with E-state index in [0.29, 0.717) is 23.2 Å². The van der Waals surface area contributed by atoms with Crippen molar-refractivity contribution in [3.8, 4) is 0 Å². The van der Waals surface area contributed by atoms with Gasteiger partial charge in [-0.05, 0) is 32.6 Å². The summed E-state index contributed by atoms with van der Waals surface area (Å²) in [6.45, 7) is 4.74. The third kappa shape index (κ3) is 3.10. The molecule has 0 atom stereocenters. The van der Waals surface area contributed by atoms with Gasteiger partial charge in [0.2, 0.25) is 0 Å². The van der Waals surface area contributed by atoms with Crippen molar-refractivity contribution in [3.05, 3.63) is 34.0 Å². The molecular weight excluding hydrogens is 290 g/mol. The molecule has 1 aliphatic carbocycles. The molecule has 0 saturated heterocycles. The zero-order chi connectivity index (χ0) is 15.0. The number of nitrogens with zero attached hydrogens (tertiary/aromatic N) is 4. The van der Waals surface area contributed by atoms with Gasteiger partial charge in [0.15, 0.2) is 0 Å². The quantitative estimate of drug-likeness (QED) is 0.922. The molecule has 2 aromatic rings. The Balaban J connectivity index is 1.87. The van der Waals surface area contributed by atoms with Crippen LogP contribution in [-0.4, -0.2) is 19.6 Å². The molecule has 1 saturated carbocycles. The summed E-state index contributed by atoms with van der Waals surface area (Å²) in [6, 6.07) is 0.264. The van der Waals surface area contributed by atoms with Crippen molar-refractivity contribution < 1.29 is 0 Å². The maximum Gasteiger partial charge on any atom is 0.291 e. The second-order valence-corrected chi connectivity index (χ2v) is 6.13. The molecular formula is C14H18ClN5O. The lowest BCUT2D eigenvalue weighted by molar-refractivity contribution is 0.532. The van der Waals surface area contributed by atoms with Gasteiger partial charge in [-0.15, -0.1) is 0 Å². The highest BCUT2D eigenvalue weighted by molar-refractivity contribution is 6.33. The largest absolute Gasteiger partial charge is 0.347 e. The second-order valence-electron chi connectivity index (χ2n) is 5.73. The molecule has 0 aliphatic heterocycles. The van der Waals surface area contributed by atoms with E-state index in [2.05, 4.69) is 15.5 Å². The minimum Gasteiger partial charge on any atom is -0.347 e. The van der Waals surface area contributed by atoms with Crippen LogP contribution in [0.3, 0.4) is 0 Å². The average molecular weight is 308 g/mol. The van der Waals surface area contributed by atoms with E-state index in [1.54, 1.807) is 6.20 Å². The summed E-state index contributed by atoms with van der Waals surface area (Å²) in [4.78, 5) is 12.4. The summed E-state index contributed by atoms with van der Waals surface area (Å²) < 4.78 is 3.30. The molecule has 0 bridgehead atoms. The number of nitrogens with one attached hydrogen (secondary N) is 1. The fraction of sp³-hybridized carbons (Fsp3) is 0.500. The van der Waals surface area contributed by atoms with Gasteiger partial charge in [-0.2, -0.15) is 10.2 Å². The number of hydrogen-bond acceptors (Lipinski definition) is 4. The lowest BCUT2D eigenvalue weighted by atomic mass is 10.4. The summed E-state index contributed by atoms with van der Waals surface area (Å²) in [7, 11) is 0. The van der Waals surface area contributed by atoms with Crippen LogP contribution in [-0.2, 0) is 6.54 Å². The Kier molecular flexibility index (Phi) is 3.71. The molecule has 1 fully saturated rings. The van der Waals surface area contributed by atoms with Crippen LogP contribution in [0.15, 0.2) is 23.4 Å². The van der Waals surface area contributed by atoms with Gasteiger partial charge < -0.3 is 5.32 Å². The Labute approximate surface area is 127 Å². The van der Waals surface area contributed by atoms with E-state index in [4.69, 9.17) is 11.6 Å². The molecule has 3 rings (SSSR count). The summed E-state index contributed by atoms with van der Waals surface area (Å²) in [6.07, 6.45) is 7.38. The molecule has 0 amide bonds. The first-order chi connectivity index (χ1) is 10.0. The molecule has 1 N–H and O–H groups in total. The van der Waals surface area contributed by atoms with Gasteiger partial charge in [-0.3, -0.25) is 9.48 Å². The predicted molar refractivity (Wildman–Crippen MR) is 82.1 cm³/mol. The zero-order valence-corrected chi connectivity index (χ0v) is 12.8. The first-order valence-corrected chi connectivity index (χ1v) is 7.49. The highest BCUT2D eigenvalue weighted by atomic mass is 35.5. The van der Waals surface area contributed by atoms with Crippen LogP contribution in [0.4, 0.5) is 11.4 Å². The van der Waals surface area contributed by atoms with E-state index in [9.17, 15) is 4.79 Å². The smallest absolute Gasteiger partial charge is 0.291 e. The SMILES string of the molecule is CC(C)n1cc(Nc2c(Cl)cnn(CC3CC3)c2=O)cn1. The molecule has 0 unspecified atom stereocenters. The topological polar surface area (TPSA) is 64.7 Å². The van der Waals surface area contributed by atoms with Gasteiger partial charge in [-0.25, -0.2) is 4.68 Å². The highest BCUT2D eigenvalue weighted by Gasteiger charge is 2.23. The fourth-order valence-electron chi connectivity index (χ4n) is 2.09. The van der Waals surface area contributed by atoms with Gasteiger partial charge in [0.05, 0.1) is 23.1 Å². The van der Waals surface area contributed by atoms with Gasteiger partial charge in [0, 0.05) is 18.8 Å². The first kappa shape index (κ1) is 14.1. The second kappa shape index (κ2) is 5.52. The minimum atomic E-state index is -0.188. The van der Waals surface area contributed by atoms with Crippen LogP contribution in [0.1, 0.15) is 32.7 Å². The van der Waals surface area contributed by atoms with E-state index in [1.807, 2.05) is 24.7 Å². The van der Waals surface area contributed by atoms with Gasteiger partial charge in [-0.1, -0.05) is 11.6 Å². The Morgan fingerprint density at radius 2 is 2.14 bits per heavy atom. The van der Waals surface area contributed by atoms with E-state index in [-0.39, 0.29) is 11.6 Å². The molecule has 0 radical (unpaired) electrons. The zero-order valence-electron chi connectivity index (χ0n) is 12.1. The van der Waals surface area contributed by atoms with Crippen molar-refractivity contribution in [2.45, 2.75) is 39.3 Å². The first-order valence-electron chi connectivity index (χ1n) is 7.11. The monoisotopic (exact) mass is 307 g/mol. The summed E-state index contributed by atoms with van der Waals surface area (Å²) in [5.74, 6) is 0.577. The van der Waals surface area contributed by atoms with Crippen molar-refractivity contribution >= 4 is 23.0 Å². The Bertz CT molecular complexity index is 702. The molecule has 1 aliphatic rings. The molecule has 0 aromatic carbocycles. The van der Waals surface area contributed by atoms with Crippen LogP contribution in [0.25, 0.3) is 0 Å². The predicted octanol–water partition coefficient (Wildman–Crippen LogP) is 2.83. The van der Waals surface area contributed by atoms with Gasteiger partial charge >= 0.3 is 0 Å². The van der Waals surface area contributed by atoms with Crippen molar-refractivity contribution in [2.24, 2.45) is 5.92 Å². The fourth-order valence-corrected chi connectivity index (χ4v) is 2.26. The molecule has 7 heteroatoms.